The topological polar surface area (TPSA) is 94.0 Å². The van der Waals surface area contributed by atoms with E-state index in [1.54, 1.807) is 0 Å². The molecule has 1 aromatic heterocycles. The van der Waals surface area contributed by atoms with E-state index in [1.807, 2.05) is 0 Å². The molecule has 1 aliphatic carbocycles. The van der Waals surface area contributed by atoms with Crippen molar-refractivity contribution in [3.63, 3.8) is 0 Å². The summed E-state index contributed by atoms with van der Waals surface area (Å²) in [5.74, 6) is 1.000. The maximum absolute atomic E-state index is 12.4. The van der Waals surface area contributed by atoms with Gasteiger partial charge in [-0.2, -0.15) is 4.98 Å². The van der Waals surface area contributed by atoms with E-state index in [0.717, 1.165) is 12.8 Å². The van der Waals surface area contributed by atoms with Gasteiger partial charge in [0.1, 0.15) is 0 Å². The number of nitrogens with one attached hydrogen (secondary N) is 1. The molecule has 0 bridgehead atoms. The third kappa shape index (κ3) is 3.00. The zero-order chi connectivity index (χ0) is 14.8. The van der Waals surface area contributed by atoms with Crippen LogP contribution < -0.4 is 11.1 Å². The van der Waals surface area contributed by atoms with Gasteiger partial charge in [-0.25, -0.2) is 0 Å². The predicted octanol–water partition coefficient (Wildman–Crippen LogP) is 1.13. The summed E-state index contributed by atoms with van der Waals surface area (Å²) in [6, 6.07) is 0.187. The lowest BCUT2D eigenvalue weighted by Crippen LogP contribution is -2.51. The Hall–Kier alpha value is -1.43. The molecule has 3 unspecified atom stereocenters. The minimum Gasteiger partial charge on any atom is -0.355 e. The second-order valence-electron chi connectivity index (χ2n) is 6.28. The Labute approximate surface area is 119 Å². The summed E-state index contributed by atoms with van der Waals surface area (Å²) >= 11 is 0. The minimum atomic E-state index is -0.0771. The molecule has 1 fully saturated rings. The number of carbonyl (C=O) groups is 1. The van der Waals surface area contributed by atoms with Crippen LogP contribution in [0.5, 0.6) is 0 Å². The molecule has 1 saturated carbocycles. The first-order valence-corrected chi connectivity index (χ1v) is 7.21. The first-order chi connectivity index (χ1) is 9.43. The number of hydrogen-bond acceptors (Lipinski definition) is 5. The van der Waals surface area contributed by atoms with Crippen molar-refractivity contribution in [3.8, 4) is 0 Å². The van der Waals surface area contributed by atoms with E-state index < -0.39 is 0 Å². The van der Waals surface area contributed by atoms with Gasteiger partial charge >= 0.3 is 0 Å². The van der Waals surface area contributed by atoms with Gasteiger partial charge in [0, 0.05) is 24.9 Å². The normalized spacial score (nSPS) is 29.1. The summed E-state index contributed by atoms with van der Waals surface area (Å²) in [5.41, 5.74) is 6.04. The SMILES string of the molecule is CC1C(N)CCC(C(=O)NCCc2ncno2)C1(C)C. The van der Waals surface area contributed by atoms with Crippen molar-refractivity contribution in [2.45, 2.75) is 46.1 Å². The Balaban J connectivity index is 1.88. The maximum Gasteiger partial charge on any atom is 0.228 e. The number of nitrogens with two attached hydrogens (primary N) is 1. The average molecular weight is 280 g/mol. The molecule has 0 saturated heterocycles. The van der Waals surface area contributed by atoms with Gasteiger partial charge in [-0.05, 0) is 24.2 Å². The van der Waals surface area contributed by atoms with Crippen LogP contribution >= 0.6 is 0 Å². The van der Waals surface area contributed by atoms with Gasteiger partial charge in [0.05, 0.1) is 0 Å². The highest BCUT2D eigenvalue weighted by Gasteiger charge is 2.44. The Bertz CT molecular complexity index is 444. The van der Waals surface area contributed by atoms with E-state index in [0.29, 0.717) is 24.8 Å². The van der Waals surface area contributed by atoms with Crippen LogP contribution in [0.15, 0.2) is 10.9 Å². The number of rotatable bonds is 4. The lowest BCUT2D eigenvalue weighted by atomic mass is 9.61. The third-order valence-corrected chi connectivity index (χ3v) is 4.86. The van der Waals surface area contributed by atoms with Crippen LogP contribution in [0, 0.1) is 17.3 Å². The van der Waals surface area contributed by atoms with Gasteiger partial charge in [-0.1, -0.05) is 25.9 Å². The van der Waals surface area contributed by atoms with Gasteiger partial charge in [0.2, 0.25) is 11.8 Å². The molecule has 112 valence electrons. The van der Waals surface area contributed by atoms with Gasteiger partial charge in [-0.3, -0.25) is 4.79 Å². The maximum atomic E-state index is 12.4. The van der Waals surface area contributed by atoms with Crippen molar-refractivity contribution in [3.05, 3.63) is 12.2 Å². The van der Waals surface area contributed by atoms with Gasteiger partial charge < -0.3 is 15.6 Å². The molecule has 0 aliphatic heterocycles. The monoisotopic (exact) mass is 280 g/mol. The van der Waals surface area contributed by atoms with Gasteiger partial charge in [-0.15, -0.1) is 0 Å². The minimum absolute atomic E-state index is 0.0139. The molecule has 0 spiro atoms. The van der Waals surface area contributed by atoms with E-state index >= 15 is 0 Å². The molecular formula is C14H24N4O2. The lowest BCUT2D eigenvalue weighted by molar-refractivity contribution is -0.132. The largest absolute Gasteiger partial charge is 0.355 e. The molecule has 1 aromatic rings. The summed E-state index contributed by atoms with van der Waals surface area (Å²) in [6.07, 6.45) is 3.69. The van der Waals surface area contributed by atoms with Crippen molar-refractivity contribution >= 4 is 5.91 Å². The first kappa shape index (κ1) is 15.0. The summed E-state index contributed by atoms with van der Waals surface area (Å²) in [7, 11) is 0. The van der Waals surface area contributed by atoms with E-state index in [4.69, 9.17) is 10.3 Å². The number of hydrogen-bond donors (Lipinski definition) is 2. The zero-order valence-corrected chi connectivity index (χ0v) is 12.4. The van der Waals surface area contributed by atoms with Crippen LogP contribution in [0.1, 0.15) is 39.5 Å². The number of amides is 1. The highest BCUT2D eigenvalue weighted by atomic mass is 16.5. The lowest BCUT2D eigenvalue weighted by Gasteiger charge is -2.46. The molecule has 3 atom stereocenters. The summed E-state index contributed by atoms with van der Waals surface area (Å²) in [5, 5.41) is 6.51. The van der Waals surface area contributed by atoms with Crippen LogP contribution in [0.25, 0.3) is 0 Å². The van der Waals surface area contributed by atoms with Crippen LogP contribution in [-0.2, 0) is 11.2 Å². The predicted molar refractivity (Wildman–Crippen MR) is 74.7 cm³/mol. The van der Waals surface area contributed by atoms with E-state index in [2.05, 4.69) is 36.2 Å². The van der Waals surface area contributed by atoms with E-state index in [9.17, 15) is 4.79 Å². The molecule has 2 rings (SSSR count). The summed E-state index contributed by atoms with van der Waals surface area (Å²) in [4.78, 5) is 16.3. The molecule has 0 radical (unpaired) electrons. The molecule has 3 N–H and O–H groups in total. The molecule has 6 heteroatoms. The fourth-order valence-electron chi connectivity index (χ4n) is 3.04. The Morgan fingerprint density at radius 1 is 1.55 bits per heavy atom. The summed E-state index contributed by atoms with van der Waals surface area (Å²) < 4.78 is 4.90. The zero-order valence-electron chi connectivity index (χ0n) is 12.4. The molecule has 6 nitrogen and oxygen atoms in total. The second-order valence-corrected chi connectivity index (χ2v) is 6.28. The van der Waals surface area contributed by atoms with Crippen LogP contribution in [0.3, 0.4) is 0 Å². The number of nitrogens with zero attached hydrogens (tertiary/aromatic N) is 2. The van der Waals surface area contributed by atoms with E-state index in [-0.39, 0.29) is 23.3 Å². The molecular weight excluding hydrogens is 256 g/mol. The molecule has 20 heavy (non-hydrogen) atoms. The van der Waals surface area contributed by atoms with Crippen molar-refractivity contribution in [2.24, 2.45) is 23.0 Å². The van der Waals surface area contributed by atoms with Crippen LogP contribution in [0.2, 0.25) is 0 Å². The van der Waals surface area contributed by atoms with Crippen LogP contribution in [0.4, 0.5) is 0 Å². The van der Waals surface area contributed by atoms with Gasteiger partial charge in [0.25, 0.3) is 0 Å². The third-order valence-electron chi connectivity index (χ3n) is 4.86. The number of aromatic nitrogens is 2. The van der Waals surface area contributed by atoms with Crippen molar-refractivity contribution in [1.29, 1.82) is 0 Å². The highest BCUT2D eigenvalue weighted by Crippen LogP contribution is 2.44. The van der Waals surface area contributed by atoms with Crippen molar-refractivity contribution in [2.75, 3.05) is 6.54 Å². The van der Waals surface area contributed by atoms with E-state index in [1.165, 1.54) is 6.33 Å². The first-order valence-electron chi connectivity index (χ1n) is 7.21. The second kappa shape index (κ2) is 5.91. The number of carbonyl (C=O) groups excluding carboxylic acids is 1. The average Bonchev–Trinajstić information content (AvgIpc) is 2.89. The molecule has 1 aliphatic rings. The fourth-order valence-corrected chi connectivity index (χ4v) is 3.04. The standard InChI is InChI=1S/C14H24N4O2/c1-9-11(15)5-4-10(14(9,2)3)13(19)16-7-6-12-17-8-18-20-12/h8-11H,4-7,15H2,1-3H3,(H,16,19). The quantitative estimate of drug-likeness (QED) is 0.862. The Morgan fingerprint density at radius 3 is 2.95 bits per heavy atom. The molecule has 1 amide bonds. The fraction of sp³-hybridized carbons (Fsp3) is 0.786. The van der Waals surface area contributed by atoms with Crippen molar-refractivity contribution < 1.29 is 9.32 Å². The van der Waals surface area contributed by atoms with Crippen LogP contribution in [-0.4, -0.2) is 28.6 Å². The molecule has 1 heterocycles. The van der Waals surface area contributed by atoms with Crippen molar-refractivity contribution in [1.82, 2.24) is 15.5 Å². The smallest absolute Gasteiger partial charge is 0.228 e. The Morgan fingerprint density at radius 2 is 2.30 bits per heavy atom. The Kier molecular flexibility index (Phi) is 4.42. The van der Waals surface area contributed by atoms with Gasteiger partial charge in [0.15, 0.2) is 6.33 Å². The summed E-state index contributed by atoms with van der Waals surface area (Å²) in [6.45, 7) is 6.94. The molecule has 0 aromatic carbocycles. The highest BCUT2D eigenvalue weighted by molar-refractivity contribution is 5.79.